The van der Waals surface area contributed by atoms with Gasteiger partial charge < -0.3 is 10.5 Å². The van der Waals surface area contributed by atoms with Gasteiger partial charge in [0.15, 0.2) is 0 Å². The van der Waals surface area contributed by atoms with Crippen LogP contribution in [0.15, 0.2) is 0 Å². The van der Waals surface area contributed by atoms with Crippen molar-refractivity contribution in [2.24, 2.45) is 5.73 Å². The third-order valence-electron chi connectivity index (χ3n) is 5.52. The quantitative estimate of drug-likeness (QED) is 0.781. The average molecular weight is 267 g/mol. The summed E-state index contributed by atoms with van der Waals surface area (Å²) in [6.45, 7) is 5.25. The molecule has 19 heavy (non-hydrogen) atoms. The lowest BCUT2D eigenvalue weighted by Gasteiger charge is -2.47. The highest BCUT2D eigenvalue weighted by Crippen LogP contribution is 2.43. The van der Waals surface area contributed by atoms with Crippen LogP contribution in [0.5, 0.6) is 0 Å². The van der Waals surface area contributed by atoms with Crippen LogP contribution < -0.4 is 5.73 Å². The summed E-state index contributed by atoms with van der Waals surface area (Å²) in [5.41, 5.74) is 6.54. The van der Waals surface area contributed by atoms with Gasteiger partial charge in [-0.05, 0) is 38.6 Å². The number of nitrogens with two attached hydrogens (primary N) is 1. The number of hydrogen-bond acceptors (Lipinski definition) is 4. The summed E-state index contributed by atoms with van der Waals surface area (Å²) >= 11 is 0. The Morgan fingerprint density at radius 3 is 2.79 bits per heavy atom. The van der Waals surface area contributed by atoms with Crippen LogP contribution in [0.25, 0.3) is 0 Å². The third-order valence-corrected chi connectivity index (χ3v) is 5.52. The van der Waals surface area contributed by atoms with Crippen molar-refractivity contribution >= 4 is 0 Å². The van der Waals surface area contributed by atoms with Crippen molar-refractivity contribution in [2.75, 3.05) is 39.9 Å². The summed E-state index contributed by atoms with van der Waals surface area (Å²) in [6.07, 6.45) is 8.07. The molecule has 0 radical (unpaired) electrons. The molecule has 0 aromatic rings. The Labute approximate surface area is 117 Å². The fourth-order valence-corrected chi connectivity index (χ4v) is 4.41. The molecular weight excluding hydrogens is 238 g/mol. The van der Waals surface area contributed by atoms with E-state index >= 15 is 0 Å². The Hall–Kier alpha value is -0.160. The first-order valence-corrected chi connectivity index (χ1v) is 8.01. The maximum absolute atomic E-state index is 6.30. The van der Waals surface area contributed by atoms with Crippen LogP contribution in [-0.2, 0) is 4.74 Å². The molecule has 4 heteroatoms. The van der Waals surface area contributed by atoms with Crippen molar-refractivity contribution in [1.29, 1.82) is 0 Å². The monoisotopic (exact) mass is 267 g/mol. The van der Waals surface area contributed by atoms with E-state index in [1.165, 1.54) is 51.6 Å². The molecular formula is C15H29N3O. The van der Waals surface area contributed by atoms with Gasteiger partial charge in [0.05, 0.1) is 12.1 Å². The fourth-order valence-electron chi connectivity index (χ4n) is 4.41. The van der Waals surface area contributed by atoms with Crippen LogP contribution in [-0.4, -0.2) is 67.3 Å². The predicted molar refractivity (Wildman–Crippen MR) is 77.2 cm³/mol. The zero-order chi connectivity index (χ0) is 13.3. The standard InChI is InChI=1S/C15H29N3O/c1-19-11-10-18(13-5-6-13)15(12-16)7-9-17-8-3-2-4-14(15)17/h13-14H,2-12,16H2,1H3. The lowest BCUT2D eigenvalue weighted by Crippen LogP contribution is -2.63. The molecule has 1 aliphatic carbocycles. The first kappa shape index (κ1) is 13.8. The van der Waals surface area contributed by atoms with Crippen LogP contribution in [0.4, 0.5) is 0 Å². The summed E-state index contributed by atoms with van der Waals surface area (Å²) in [4.78, 5) is 5.44. The highest BCUT2D eigenvalue weighted by atomic mass is 16.5. The minimum absolute atomic E-state index is 0.236. The average Bonchev–Trinajstić information content (AvgIpc) is 3.21. The summed E-state index contributed by atoms with van der Waals surface area (Å²) in [6, 6.07) is 1.48. The molecule has 110 valence electrons. The molecule has 3 fully saturated rings. The summed E-state index contributed by atoms with van der Waals surface area (Å²) in [7, 11) is 1.81. The van der Waals surface area contributed by atoms with Gasteiger partial charge in [0.25, 0.3) is 0 Å². The Bertz CT molecular complexity index is 308. The van der Waals surface area contributed by atoms with E-state index in [1.807, 2.05) is 7.11 Å². The number of rotatable bonds is 6. The normalized spacial score (nSPS) is 35.8. The SMILES string of the molecule is COCCN(C1CC1)C1(CN)CCN2CCCCC21. The molecule has 3 rings (SSSR count). The van der Waals surface area contributed by atoms with Crippen molar-refractivity contribution in [3.05, 3.63) is 0 Å². The highest BCUT2D eigenvalue weighted by Gasteiger charge is 2.53. The lowest BCUT2D eigenvalue weighted by molar-refractivity contribution is 0.0142. The molecule has 2 aliphatic heterocycles. The number of piperidine rings is 1. The molecule has 3 aliphatic rings. The minimum atomic E-state index is 0.236. The predicted octanol–water partition coefficient (Wildman–Crippen LogP) is 1.05. The van der Waals surface area contributed by atoms with Gasteiger partial charge in [-0.3, -0.25) is 9.80 Å². The van der Waals surface area contributed by atoms with Crippen molar-refractivity contribution in [3.8, 4) is 0 Å². The zero-order valence-electron chi connectivity index (χ0n) is 12.3. The molecule has 4 nitrogen and oxygen atoms in total. The minimum Gasteiger partial charge on any atom is -0.383 e. The van der Waals surface area contributed by atoms with E-state index in [-0.39, 0.29) is 5.54 Å². The first-order chi connectivity index (χ1) is 9.31. The summed E-state index contributed by atoms with van der Waals surface area (Å²) in [5.74, 6) is 0. The van der Waals surface area contributed by atoms with Gasteiger partial charge in [-0.2, -0.15) is 0 Å². The summed E-state index contributed by atoms with van der Waals surface area (Å²) < 4.78 is 5.34. The number of hydrogen-bond donors (Lipinski definition) is 1. The van der Waals surface area contributed by atoms with E-state index in [2.05, 4.69) is 9.80 Å². The molecule has 0 aromatic heterocycles. The number of fused-ring (bicyclic) bond motifs is 1. The summed E-state index contributed by atoms with van der Waals surface area (Å²) in [5, 5.41) is 0. The molecule has 2 unspecified atom stereocenters. The molecule has 0 bridgehead atoms. The van der Waals surface area contributed by atoms with Crippen LogP contribution in [0.1, 0.15) is 38.5 Å². The number of methoxy groups -OCH3 is 1. The van der Waals surface area contributed by atoms with Crippen LogP contribution in [0, 0.1) is 0 Å². The van der Waals surface area contributed by atoms with Crippen LogP contribution in [0.2, 0.25) is 0 Å². The molecule has 2 atom stereocenters. The van der Waals surface area contributed by atoms with Crippen molar-refractivity contribution in [1.82, 2.24) is 9.80 Å². The lowest BCUT2D eigenvalue weighted by atomic mass is 9.83. The number of ether oxygens (including phenoxy) is 1. The van der Waals surface area contributed by atoms with Gasteiger partial charge in [0.1, 0.15) is 0 Å². The van der Waals surface area contributed by atoms with E-state index in [9.17, 15) is 0 Å². The second kappa shape index (κ2) is 5.68. The fraction of sp³-hybridized carbons (Fsp3) is 1.00. The topological polar surface area (TPSA) is 41.7 Å². The van der Waals surface area contributed by atoms with Gasteiger partial charge in [-0.15, -0.1) is 0 Å². The molecule has 0 aromatic carbocycles. The Balaban J connectivity index is 1.79. The van der Waals surface area contributed by atoms with Gasteiger partial charge in [-0.25, -0.2) is 0 Å². The second-order valence-electron chi connectivity index (χ2n) is 6.52. The maximum atomic E-state index is 6.30. The zero-order valence-corrected chi connectivity index (χ0v) is 12.3. The van der Waals surface area contributed by atoms with Gasteiger partial charge in [0.2, 0.25) is 0 Å². The molecule has 1 saturated carbocycles. The van der Waals surface area contributed by atoms with E-state index in [0.717, 1.165) is 25.7 Å². The second-order valence-corrected chi connectivity index (χ2v) is 6.52. The molecule has 0 spiro atoms. The molecule has 2 saturated heterocycles. The van der Waals surface area contributed by atoms with E-state index in [0.29, 0.717) is 6.04 Å². The first-order valence-electron chi connectivity index (χ1n) is 8.01. The van der Waals surface area contributed by atoms with Gasteiger partial charge >= 0.3 is 0 Å². The smallest absolute Gasteiger partial charge is 0.0590 e. The molecule has 2 heterocycles. The molecule has 2 N–H and O–H groups in total. The molecule has 0 amide bonds. The highest BCUT2D eigenvalue weighted by molar-refractivity contribution is 5.11. The van der Waals surface area contributed by atoms with Gasteiger partial charge in [0, 0.05) is 38.8 Å². The Kier molecular flexibility index (Phi) is 4.13. The largest absolute Gasteiger partial charge is 0.383 e. The Morgan fingerprint density at radius 1 is 1.26 bits per heavy atom. The Morgan fingerprint density at radius 2 is 2.11 bits per heavy atom. The van der Waals surface area contributed by atoms with Crippen LogP contribution in [0.3, 0.4) is 0 Å². The van der Waals surface area contributed by atoms with Crippen molar-refractivity contribution in [2.45, 2.75) is 56.1 Å². The van der Waals surface area contributed by atoms with Crippen LogP contribution >= 0.6 is 0 Å². The van der Waals surface area contributed by atoms with Crippen molar-refractivity contribution in [3.63, 3.8) is 0 Å². The van der Waals surface area contributed by atoms with E-state index in [4.69, 9.17) is 10.5 Å². The van der Waals surface area contributed by atoms with Crippen molar-refractivity contribution < 1.29 is 4.74 Å². The van der Waals surface area contributed by atoms with Gasteiger partial charge in [-0.1, -0.05) is 6.42 Å². The maximum Gasteiger partial charge on any atom is 0.0590 e. The van der Waals surface area contributed by atoms with E-state index < -0.39 is 0 Å². The van der Waals surface area contributed by atoms with E-state index in [1.54, 1.807) is 0 Å². The number of nitrogens with zero attached hydrogens (tertiary/aromatic N) is 2. The third kappa shape index (κ3) is 2.44.